The van der Waals surface area contributed by atoms with E-state index in [0.717, 1.165) is 6.07 Å². The maximum atomic E-state index is 12.7. The normalized spacial score (nSPS) is 13.8. The van der Waals surface area contributed by atoms with Crippen molar-refractivity contribution in [1.29, 1.82) is 0 Å². The average Bonchev–Trinajstić information content (AvgIpc) is 2.36. The van der Waals surface area contributed by atoms with E-state index >= 15 is 0 Å². The molecular weight excluding hydrogens is 271 g/mol. The van der Waals surface area contributed by atoms with Gasteiger partial charge in [-0.25, -0.2) is 0 Å². The van der Waals surface area contributed by atoms with Crippen molar-refractivity contribution >= 4 is 0 Å². The van der Waals surface area contributed by atoms with E-state index in [2.05, 4.69) is 5.32 Å². The van der Waals surface area contributed by atoms with Crippen LogP contribution >= 0.6 is 0 Å². The highest BCUT2D eigenvalue weighted by Gasteiger charge is 2.32. The third-order valence-corrected chi connectivity index (χ3v) is 2.64. The summed E-state index contributed by atoms with van der Waals surface area (Å²) in [6.45, 7) is 4.08. The number of alkyl halides is 3. The van der Waals surface area contributed by atoms with Crippen molar-refractivity contribution in [2.24, 2.45) is 0 Å². The first-order valence-corrected chi connectivity index (χ1v) is 6.46. The topological polar surface area (TPSA) is 41.5 Å². The molecule has 0 radical (unpaired) electrons. The summed E-state index contributed by atoms with van der Waals surface area (Å²) < 4.78 is 43.5. The highest BCUT2D eigenvalue weighted by molar-refractivity contribution is 5.29. The molecule has 0 aromatic heterocycles. The van der Waals surface area contributed by atoms with E-state index < -0.39 is 17.8 Å². The Labute approximate surface area is 116 Å². The molecule has 0 aliphatic carbocycles. The lowest BCUT2D eigenvalue weighted by molar-refractivity contribution is -0.138. The van der Waals surface area contributed by atoms with Crippen LogP contribution in [0.15, 0.2) is 24.3 Å². The predicted molar refractivity (Wildman–Crippen MR) is 70.2 cm³/mol. The molecule has 0 bridgehead atoms. The van der Waals surface area contributed by atoms with Gasteiger partial charge < -0.3 is 15.2 Å². The molecule has 1 rings (SSSR count). The van der Waals surface area contributed by atoms with Crippen molar-refractivity contribution in [3.63, 3.8) is 0 Å². The van der Waals surface area contributed by atoms with E-state index in [0.29, 0.717) is 0 Å². The Morgan fingerprint density at radius 1 is 1.25 bits per heavy atom. The summed E-state index contributed by atoms with van der Waals surface area (Å²) in [5.41, 5.74) is -0.489. The number of benzene rings is 1. The molecule has 114 valence electrons. The molecule has 0 aliphatic rings. The van der Waals surface area contributed by atoms with Crippen molar-refractivity contribution in [2.75, 3.05) is 13.2 Å². The second-order valence-electron chi connectivity index (χ2n) is 4.82. The van der Waals surface area contributed by atoms with Gasteiger partial charge in [0.15, 0.2) is 0 Å². The van der Waals surface area contributed by atoms with Crippen LogP contribution in [-0.4, -0.2) is 30.5 Å². The molecule has 6 heteroatoms. The molecule has 1 aromatic carbocycles. The van der Waals surface area contributed by atoms with Gasteiger partial charge in [0.2, 0.25) is 0 Å². The van der Waals surface area contributed by atoms with Crippen LogP contribution in [0.2, 0.25) is 0 Å². The van der Waals surface area contributed by atoms with Crippen molar-refractivity contribution in [3.05, 3.63) is 35.4 Å². The van der Waals surface area contributed by atoms with Crippen molar-refractivity contribution in [1.82, 2.24) is 5.32 Å². The highest BCUT2D eigenvalue weighted by atomic mass is 19.4. The van der Waals surface area contributed by atoms with Crippen molar-refractivity contribution in [2.45, 2.75) is 38.8 Å². The zero-order valence-corrected chi connectivity index (χ0v) is 11.6. The van der Waals surface area contributed by atoms with Crippen LogP contribution in [0, 0.1) is 0 Å². The molecule has 1 aromatic rings. The lowest BCUT2D eigenvalue weighted by Gasteiger charge is -2.16. The van der Waals surface area contributed by atoms with Gasteiger partial charge >= 0.3 is 6.18 Å². The Kier molecular flexibility index (Phi) is 6.45. The number of hydrogen-bond donors (Lipinski definition) is 2. The lowest BCUT2D eigenvalue weighted by Crippen LogP contribution is -2.31. The Bertz CT molecular complexity index is 408. The molecule has 0 saturated carbocycles. The van der Waals surface area contributed by atoms with Gasteiger partial charge in [-0.15, -0.1) is 0 Å². The predicted octanol–water partition coefficient (Wildman–Crippen LogP) is 2.58. The average molecular weight is 291 g/mol. The van der Waals surface area contributed by atoms with Gasteiger partial charge in [-0.2, -0.15) is 13.2 Å². The molecule has 2 N–H and O–H groups in total. The number of aliphatic hydroxyl groups is 1. The van der Waals surface area contributed by atoms with Crippen molar-refractivity contribution in [3.8, 4) is 0 Å². The summed E-state index contributed by atoms with van der Waals surface area (Å²) in [4.78, 5) is 0. The first-order valence-electron chi connectivity index (χ1n) is 6.46. The van der Waals surface area contributed by atoms with E-state index in [1.54, 1.807) is 6.07 Å². The summed E-state index contributed by atoms with van der Waals surface area (Å²) in [5.74, 6) is 0. The maximum absolute atomic E-state index is 12.7. The van der Waals surface area contributed by atoms with Crippen LogP contribution in [-0.2, 0) is 17.5 Å². The molecule has 3 nitrogen and oxygen atoms in total. The Hall–Kier alpha value is -1.11. The van der Waals surface area contributed by atoms with Gasteiger partial charge in [0, 0.05) is 13.1 Å². The monoisotopic (exact) mass is 291 g/mol. The van der Waals surface area contributed by atoms with Gasteiger partial charge in [0.25, 0.3) is 0 Å². The summed E-state index contributed by atoms with van der Waals surface area (Å²) in [7, 11) is 0. The highest BCUT2D eigenvalue weighted by Crippen LogP contribution is 2.31. The zero-order valence-electron chi connectivity index (χ0n) is 11.6. The molecule has 0 fully saturated rings. The van der Waals surface area contributed by atoms with E-state index in [9.17, 15) is 18.3 Å². The van der Waals surface area contributed by atoms with E-state index in [1.165, 1.54) is 12.1 Å². The number of rotatable bonds is 7. The molecule has 0 saturated heterocycles. The molecule has 1 unspecified atom stereocenters. The summed E-state index contributed by atoms with van der Waals surface area (Å²) in [6, 6.07) is 5.39. The van der Waals surface area contributed by atoms with Crippen LogP contribution in [0.3, 0.4) is 0 Å². The van der Waals surface area contributed by atoms with Crippen molar-refractivity contribution < 1.29 is 23.0 Å². The van der Waals surface area contributed by atoms with Crippen LogP contribution in [0.4, 0.5) is 13.2 Å². The van der Waals surface area contributed by atoms with Crippen LogP contribution in [0.5, 0.6) is 0 Å². The van der Waals surface area contributed by atoms with E-state index in [-0.39, 0.29) is 31.4 Å². The Morgan fingerprint density at radius 2 is 1.90 bits per heavy atom. The van der Waals surface area contributed by atoms with Gasteiger partial charge in [-0.1, -0.05) is 18.2 Å². The minimum Gasteiger partial charge on any atom is -0.389 e. The lowest BCUT2D eigenvalue weighted by atomic mass is 10.1. The number of hydrogen-bond acceptors (Lipinski definition) is 3. The maximum Gasteiger partial charge on any atom is 0.416 e. The summed E-state index contributed by atoms with van der Waals surface area (Å²) >= 11 is 0. The first-order chi connectivity index (χ1) is 9.30. The fraction of sp³-hybridized carbons (Fsp3) is 0.571. The SMILES string of the molecule is CC(C)OCC(O)CNCc1ccccc1C(F)(F)F. The molecule has 0 aliphatic heterocycles. The molecule has 0 spiro atoms. The van der Waals surface area contributed by atoms with E-state index in [4.69, 9.17) is 4.74 Å². The Morgan fingerprint density at radius 3 is 2.50 bits per heavy atom. The number of halogens is 3. The number of aliphatic hydroxyl groups excluding tert-OH is 1. The van der Waals surface area contributed by atoms with Gasteiger partial charge in [0.1, 0.15) is 0 Å². The molecule has 1 atom stereocenters. The fourth-order valence-corrected chi connectivity index (χ4v) is 1.69. The molecule has 0 amide bonds. The number of nitrogens with one attached hydrogen (secondary N) is 1. The minimum atomic E-state index is -4.36. The minimum absolute atomic E-state index is 0.00982. The smallest absolute Gasteiger partial charge is 0.389 e. The summed E-state index contributed by atoms with van der Waals surface area (Å²) in [5, 5.41) is 12.4. The Balaban J connectivity index is 2.46. The second-order valence-corrected chi connectivity index (χ2v) is 4.82. The quantitative estimate of drug-likeness (QED) is 0.811. The van der Waals surface area contributed by atoms with E-state index in [1.807, 2.05) is 13.8 Å². The first kappa shape index (κ1) is 16.9. The largest absolute Gasteiger partial charge is 0.416 e. The van der Waals surface area contributed by atoms with Gasteiger partial charge in [-0.3, -0.25) is 0 Å². The standard InChI is InChI=1S/C14H20F3NO2/c1-10(2)20-9-12(19)8-18-7-11-5-3-4-6-13(11)14(15,16)17/h3-6,10,12,18-19H,7-9H2,1-2H3. The summed E-state index contributed by atoms with van der Waals surface area (Å²) in [6.07, 6.45) is -5.09. The van der Waals surface area contributed by atoms with Gasteiger partial charge in [0.05, 0.1) is 24.4 Å². The van der Waals surface area contributed by atoms with Crippen LogP contribution in [0.25, 0.3) is 0 Å². The molecule has 20 heavy (non-hydrogen) atoms. The van der Waals surface area contributed by atoms with Crippen LogP contribution in [0.1, 0.15) is 25.0 Å². The second kappa shape index (κ2) is 7.61. The zero-order chi connectivity index (χ0) is 15.2. The number of ether oxygens (including phenoxy) is 1. The van der Waals surface area contributed by atoms with Crippen LogP contribution < -0.4 is 5.32 Å². The fourth-order valence-electron chi connectivity index (χ4n) is 1.69. The van der Waals surface area contributed by atoms with Gasteiger partial charge in [-0.05, 0) is 25.5 Å². The third-order valence-electron chi connectivity index (χ3n) is 2.64. The molecule has 0 heterocycles. The molecular formula is C14H20F3NO2. The third kappa shape index (κ3) is 5.90.